The third kappa shape index (κ3) is 2.32. The molecule has 0 saturated carbocycles. The van der Waals surface area contributed by atoms with Crippen molar-refractivity contribution in [1.29, 1.82) is 0 Å². The second-order valence-electron chi connectivity index (χ2n) is 5.38. The lowest BCUT2D eigenvalue weighted by Crippen LogP contribution is -2.24. The molecule has 20 heavy (non-hydrogen) atoms. The molecule has 0 aromatic heterocycles. The summed E-state index contributed by atoms with van der Waals surface area (Å²) in [6.07, 6.45) is 2.35. The van der Waals surface area contributed by atoms with Crippen LogP contribution in [0.3, 0.4) is 0 Å². The van der Waals surface area contributed by atoms with Crippen LogP contribution in [0.1, 0.15) is 41.5 Å². The van der Waals surface area contributed by atoms with E-state index in [1.807, 2.05) is 13.1 Å². The minimum Gasteiger partial charge on any atom is -0.497 e. The quantitative estimate of drug-likeness (QED) is 0.911. The summed E-state index contributed by atoms with van der Waals surface area (Å²) in [5.74, 6) is 1.42. The van der Waals surface area contributed by atoms with Gasteiger partial charge in [-0.1, -0.05) is 36.4 Å². The van der Waals surface area contributed by atoms with Gasteiger partial charge in [-0.3, -0.25) is 0 Å². The molecule has 2 heteroatoms. The molecular weight excluding hydrogens is 246 g/mol. The summed E-state index contributed by atoms with van der Waals surface area (Å²) in [7, 11) is 3.78. The van der Waals surface area contributed by atoms with Gasteiger partial charge in [0, 0.05) is 12.0 Å². The van der Waals surface area contributed by atoms with E-state index in [4.69, 9.17) is 4.74 Å². The molecule has 1 aliphatic rings. The van der Waals surface area contributed by atoms with Gasteiger partial charge < -0.3 is 10.1 Å². The second-order valence-corrected chi connectivity index (χ2v) is 5.38. The standard InChI is InChI=1S/C18H21NO/c1-19-18-11-10-15(16-8-3-4-9-17(16)18)13-6-5-7-14(12-13)20-2/h3-9,12,15,18-19H,10-11H2,1-2H3. The van der Waals surface area contributed by atoms with E-state index in [1.165, 1.54) is 29.5 Å². The summed E-state index contributed by atoms with van der Waals surface area (Å²) in [6, 6.07) is 17.8. The van der Waals surface area contributed by atoms with Crippen molar-refractivity contribution in [1.82, 2.24) is 5.32 Å². The molecule has 2 nitrogen and oxygen atoms in total. The molecule has 104 valence electrons. The zero-order valence-electron chi connectivity index (χ0n) is 12.1. The van der Waals surface area contributed by atoms with Crippen LogP contribution >= 0.6 is 0 Å². The van der Waals surface area contributed by atoms with Gasteiger partial charge in [0.05, 0.1) is 7.11 Å². The molecule has 0 spiro atoms. The maximum atomic E-state index is 5.36. The smallest absolute Gasteiger partial charge is 0.119 e. The van der Waals surface area contributed by atoms with E-state index in [0.29, 0.717) is 12.0 Å². The lowest BCUT2D eigenvalue weighted by atomic mass is 9.77. The highest BCUT2D eigenvalue weighted by molar-refractivity contribution is 5.43. The number of ether oxygens (including phenoxy) is 1. The number of nitrogens with one attached hydrogen (secondary N) is 1. The summed E-state index contributed by atoms with van der Waals surface area (Å²) in [4.78, 5) is 0. The average Bonchev–Trinajstić information content (AvgIpc) is 2.54. The number of methoxy groups -OCH3 is 1. The molecule has 1 N–H and O–H groups in total. The molecule has 3 rings (SSSR count). The van der Waals surface area contributed by atoms with E-state index in [0.717, 1.165) is 5.75 Å². The van der Waals surface area contributed by atoms with Gasteiger partial charge in [-0.15, -0.1) is 0 Å². The maximum Gasteiger partial charge on any atom is 0.119 e. The zero-order valence-corrected chi connectivity index (χ0v) is 12.1. The molecule has 2 atom stereocenters. The Bertz CT molecular complexity index is 593. The first-order valence-electron chi connectivity index (χ1n) is 7.23. The summed E-state index contributed by atoms with van der Waals surface area (Å²) >= 11 is 0. The van der Waals surface area contributed by atoms with Crippen molar-refractivity contribution < 1.29 is 4.74 Å². The second kappa shape index (κ2) is 5.68. The number of hydrogen-bond acceptors (Lipinski definition) is 2. The fourth-order valence-corrected chi connectivity index (χ4v) is 3.29. The van der Waals surface area contributed by atoms with E-state index in [2.05, 4.69) is 47.8 Å². The summed E-state index contributed by atoms with van der Waals surface area (Å²) in [6.45, 7) is 0. The normalized spacial score (nSPS) is 21.3. The minimum atomic E-state index is 0.478. The Labute approximate surface area is 120 Å². The van der Waals surface area contributed by atoms with Crippen LogP contribution in [0.5, 0.6) is 5.75 Å². The van der Waals surface area contributed by atoms with Gasteiger partial charge in [-0.25, -0.2) is 0 Å². The lowest BCUT2D eigenvalue weighted by molar-refractivity contribution is 0.413. The minimum absolute atomic E-state index is 0.478. The summed E-state index contributed by atoms with van der Waals surface area (Å²) in [5, 5.41) is 3.43. The van der Waals surface area contributed by atoms with Crippen molar-refractivity contribution >= 4 is 0 Å². The van der Waals surface area contributed by atoms with Crippen LogP contribution in [0.15, 0.2) is 48.5 Å². The molecule has 0 amide bonds. The predicted octanol–water partition coefficient (Wildman–Crippen LogP) is 3.88. The van der Waals surface area contributed by atoms with Crippen molar-refractivity contribution in [3.8, 4) is 5.75 Å². The van der Waals surface area contributed by atoms with E-state index in [1.54, 1.807) is 7.11 Å². The Morgan fingerprint density at radius 3 is 2.55 bits per heavy atom. The van der Waals surface area contributed by atoms with Crippen LogP contribution in [-0.4, -0.2) is 14.2 Å². The fourth-order valence-electron chi connectivity index (χ4n) is 3.29. The summed E-state index contributed by atoms with van der Waals surface area (Å²) in [5.41, 5.74) is 4.24. The van der Waals surface area contributed by atoms with Gasteiger partial charge in [0.25, 0.3) is 0 Å². The molecule has 0 radical (unpaired) electrons. The highest BCUT2D eigenvalue weighted by Crippen LogP contribution is 2.41. The first-order valence-corrected chi connectivity index (χ1v) is 7.23. The van der Waals surface area contributed by atoms with Crippen molar-refractivity contribution in [2.24, 2.45) is 0 Å². The van der Waals surface area contributed by atoms with E-state index in [9.17, 15) is 0 Å². The molecule has 2 aromatic carbocycles. The van der Waals surface area contributed by atoms with Gasteiger partial charge in [0.2, 0.25) is 0 Å². The number of fused-ring (bicyclic) bond motifs is 1. The Morgan fingerprint density at radius 2 is 1.80 bits per heavy atom. The maximum absolute atomic E-state index is 5.36. The van der Waals surface area contributed by atoms with Gasteiger partial charge in [0.15, 0.2) is 0 Å². The molecule has 2 unspecified atom stereocenters. The number of benzene rings is 2. The SMILES string of the molecule is CNC1CCC(c2cccc(OC)c2)c2ccccc21. The first-order chi connectivity index (χ1) is 9.83. The van der Waals surface area contributed by atoms with Crippen molar-refractivity contribution in [2.75, 3.05) is 14.2 Å². The highest BCUT2D eigenvalue weighted by Gasteiger charge is 2.27. The lowest BCUT2D eigenvalue weighted by Gasteiger charge is -2.32. The third-order valence-corrected chi connectivity index (χ3v) is 4.34. The molecular formula is C18H21NO. The first kappa shape index (κ1) is 13.2. The molecule has 0 saturated heterocycles. The molecule has 0 aliphatic heterocycles. The number of hydrogen-bond donors (Lipinski definition) is 1. The number of rotatable bonds is 3. The fraction of sp³-hybridized carbons (Fsp3) is 0.333. The predicted molar refractivity (Wildman–Crippen MR) is 82.3 cm³/mol. The Kier molecular flexibility index (Phi) is 3.75. The van der Waals surface area contributed by atoms with Crippen molar-refractivity contribution in [2.45, 2.75) is 24.8 Å². The van der Waals surface area contributed by atoms with Crippen molar-refractivity contribution in [3.05, 3.63) is 65.2 Å². The van der Waals surface area contributed by atoms with Crippen LogP contribution in [0.2, 0.25) is 0 Å². The van der Waals surface area contributed by atoms with Crippen LogP contribution in [0.4, 0.5) is 0 Å². The largest absolute Gasteiger partial charge is 0.497 e. The Balaban J connectivity index is 2.02. The zero-order chi connectivity index (χ0) is 13.9. The van der Waals surface area contributed by atoms with E-state index >= 15 is 0 Å². The molecule has 0 fully saturated rings. The molecule has 0 heterocycles. The Morgan fingerprint density at radius 1 is 1.00 bits per heavy atom. The van der Waals surface area contributed by atoms with Gasteiger partial charge in [-0.05, 0) is 48.7 Å². The van der Waals surface area contributed by atoms with Crippen LogP contribution in [0, 0.1) is 0 Å². The molecule has 1 aliphatic carbocycles. The van der Waals surface area contributed by atoms with Gasteiger partial charge in [-0.2, -0.15) is 0 Å². The monoisotopic (exact) mass is 267 g/mol. The average molecular weight is 267 g/mol. The summed E-state index contributed by atoms with van der Waals surface area (Å²) < 4.78 is 5.36. The van der Waals surface area contributed by atoms with E-state index < -0.39 is 0 Å². The van der Waals surface area contributed by atoms with Crippen molar-refractivity contribution in [3.63, 3.8) is 0 Å². The molecule has 0 bridgehead atoms. The Hall–Kier alpha value is -1.80. The third-order valence-electron chi connectivity index (χ3n) is 4.34. The van der Waals surface area contributed by atoms with Crippen LogP contribution < -0.4 is 10.1 Å². The topological polar surface area (TPSA) is 21.3 Å². The van der Waals surface area contributed by atoms with E-state index in [-0.39, 0.29) is 0 Å². The van der Waals surface area contributed by atoms with Gasteiger partial charge in [0.1, 0.15) is 5.75 Å². The highest BCUT2D eigenvalue weighted by atomic mass is 16.5. The van der Waals surface area contributed by atoms with Gasteiger partial charge >= 0.3 is 0 Å². The van der Waals surface area contributed by atoms with Crippen LogP contribution in [0.25, 0.3) is 0 Å². The van der Waals surface area contributed by atoms with Crippen LogP contribution in [-0.2, 0) is 0 Å². The molecule has 2 aromatic rings.